The van der Waals surface area contributed by atoms with Gasteiger partial charge in [-0.15, -0.1) is 0 Å². The van der Waals surface area contributed by atoms with Crippen LogP contribution in [0.2, 0.25) is 5.02 Å². The maximum atomic E-state index is 14.0. The van der Waals surface area contributed by atoms with Gasteiger partial charge in [0.25, 0.3) is 11.7 Å². The number of ether oxygens (including phenoxy) is 2. The van der Waals surface area contributed by atoms with Gasteiger partial charge in [0.15, 0.2) is 23.1 Å². The number of benzene rings is 3. The van der Waals surface area contributed by atoms with Crippen molar-refractivity contribution < 1.29 is 38.1 Å². The van der Waals surface area contributed by atoms with E-state index in [4.69, 9.17) is 21.1 Å². The summed E-state index contributed by atoms with van der Waals surface area (Å²) in [6.45, 7) is 0. The number of carbonyl (C=O) groups is 2. The molecule has 0 spiro atoms. The molecule has 1 heterocycles. The number of anilines is 1. The Hall–Kier alpha value is -4.11. The Balaban J connectivity index is 1.96. The molecule has 0 bridgehead atoms. The molecule has 1 atom stereocenters. The minimum absolute atomic E-state index is 0.113. The van der Waals surface area contributed by atoms with Crippen LogP contribution in [0.3, 0.4) is 0 Å². The van der Waals surface area contributed by atoms with E-state index < -0.39 is 35.1 Å². The van der Waals surface area contributed by atoms with E-state index in [0.717, 1.165) is 23.1 Å². The number of amides is 1. The van der Waals surface area contributed by atoms with Crippen LogP contribution in [0, 0.1) is 11.6 Å². The van der Waals surface area contributed by atoms with Crippen LogP contribution in [0.5, 0.6) is 17.2 Å². The van der Waals surface area contributed by atoms with Gasteiger partial charge in [-0.1, -0.05) is 17.7 Å². The molecule has 7 nitrogen and oxygen atoms in total. The number of hydrogen-bond donors (Lipinski definition) is 2. The van der Waals surface area contributed by atoms with Crippen molar-refractivity contribution in [3.63, 3.8) is 0 Å². The Morgan fingerprint density at radius 2 is 1.63 bits per heavy atom. The first-order chi connectivity index (χ1) is 16.7. The fraction of sp³-hybridized carbons (Fsp3) is 0.120. The molecular weight excluding hydrogens is 484 g/mol. The van der Waals surface area contributed by atoms with E-state index in [0.29, 0.717) is 5.75 Å². The minimum Gasteiger partial charge on any atom is -0.507 e. The smallest absolute Gasteiger partial charge is 0.300 e. The average molecular weight is 502 g/mol. The van der Waals surface area contributed by atoms with E-state index >= 15 is 0 Å². The van der Waals surface area contributed by atoms with Crippen LogP contribution in [0.25, 0.3) is 5.76 Å². The number of aliphatic hydroxyl groups is 1. The minimum atomic E-state index is -1.29. The van der Waals surface area contributed by atoms with E-state index in [1.807, 2.05) is 0 Å². The molecule has 10 heteroatoms. The second-order valence-corrected chi connectivity index (χ2v) is 7.96. The van der Waals surface area contributed by atoms with Crippen molar-refractivity contribution in [3.8, 4) is 17.2 Å². The lowest BCUT2D eigenvalue weighted by atomic mass is 9.94. The highest BCUT2D eigenvalue weighted by Crippen LogP contribution is 2.44. The summed E-state index contributed by atoms with van der Waals surface area (Å²) in [6.07, 6.45) is 0. The number of aliphatic hydroxyl groups excluding tert-OH is 1. The highest BCUT2D eigenvalue weighted by atomic mass is 35.5. The number of ketones is 1. The van der Waals surface area contributed by atoms with Crippen LogP contribution in [-0.2, 0) is 9.59 Å². The van der Waals surface area contributed by atoms with Crippen molar-refractivity contribution in [3.05, 3.63) is 88.0 Å². The number of rotatable bonds is 5. The van der Waals surface area contributed by atoms with Gasteiger partial charge in [0.1, 0.15) is 11.5 Å². The highest BCUT2D eigenvalue weighted by molar-refractivity contribution is 6.51. The van der Waals surface area contributed by atoms with Crippen molar-refractivity contribution in [2.75, 3.05) is 19.1 Å². The number of nitrogens with zero attached hydrogens (tertiary/aromatic N) is 1. The van der Waals surface area contributed by atoms with Crippen LogP contribution >= 0.6 is 11.6 Å². The molecular formula is C25H18ClF2NO6. The number of Topliss-reactive ketones (excluding diaryl/α,β-unsaturated/α-hetero) is 1. The van der Waals surface area contributed by atoms with Gasteiger partial charge in [-0.2, -0.15) is 0 Å². The zero-order valence-corrected chi connectivity index (χ0v) is 19.1. The van der Waals surface area contributed by atoms with Crippen LogP contribution in [-0.4, -0.2) is 36.1 Å². The van der Waals surface area contributed by atoms with Crippen LogP contribution in [0.15, 0.2) is 60.2 Å². The van der Waals surface area contributed by atoms with Crippen molar-refractivity contribution in [2.45, 2.75) is 6.04 Å². The van der Waals surface area contributed by atoms with Gasteiger partial charge < -0.3 is 19.7 Å². The van der Waals surface area contributed by atoms with Gasteiger partial charge >= 0.3 is 0 Å². The molecule has 1 amide bonds. The molecule has 1 aliphatic rings. The molecule has 2 N–H and O–H groups in total. The van der Waals surface area contributed by atoms with Crippen LogP contribution in [0.1, 0.15) is 17.2 Å². The summed E-state index contributed by atoms with van der Waals surface area (Å²) in [7, 11) is 2.75. The maximum absolute atomic E-state index is 14.0. The van der Waals surface area contributed by atoms with Gasteiger partial charge in [-0.25, -0.2) is 8.78 Å². The van der Waals surface area contributed by atoms with Crippen molar-refractivity contribution >= 4 is 34.7 Å². The summed E-state index contributed by atoms with van der Waals surface area (Å²) in [4.78, 5) is 27.1. The first-order valence-corrected chi connectivity index (χ1v) is 10.5. The number of phenols is 1. The fourth-order valence-corrected chi connectivity index (χ4v) is 4.15. The van der Waals surface area contributed by atoms with Gasteiger partial charge in [0.2, 0.25) is 0 Å². The normalized spacial score (nSPS) is 17.1. The maximum Gasteiger partial charge on any atom is 0.300 e. The Morgan fingerprint density at radius 3 is 2.23 bits per heavy atom. The summed E-state index contributed by atoms with van der Waals surface area (Å²) >= 11 is 6.16. The molecule has 0 radical (unpaired) electrons. The number of phenolic OH excluding ortho intramolecular Hbond substituents is 1. The van der Waals surface area contributed by atoms with Crippen molar-refractivity contribution in [2.24, 2.45) is 0 Å². The molecule has 180 valence electrons. The monoisotopic (exact) mass is 501 g/mol. The molecule has 0 aromatic heterocycles. The zero-order valence-electron chi connectivity index (χ0n) is 18.4. The van der Waals surface area contributed by atoms with Crippen molar-refractivity contribution in [1.82, 2.24) is 0 Å². The quantitative estimate of drug-likeness (QED) is 0.291. The number of halogens is 3. The summed E-state index contributed by atoms with van der Waals surface area (Å²) in [5, 5.41) is 21.6. The lowest BCUT2D eigenvalue weighted by molar-refractivity contribution is -0.132. The van der Waals surface area contributed by atoms with Gasteiger partial charge in [0.05, 0.1) is 30.9 Å². The van der Waals surface area contributed by atoms with Crippen molar-refractivity contribution in [1.29, 1.82) is 0 Å². The number of carbonyl (C=O) groups excluding carboxylic acids is 2. The number of hydrogen-bond acceptors (Lipinski definition) is 6. The van der Waals surface area contributed by atoms with Gasteiger partial charge in [-0.05, 0) is 48.0 Å². The third kappa shape index (κ3) is 4.15. The Morgan fingerprint density at radius 1 is 0.943 bits per heavy atom. The lowest BCUT2D eigenvalue weighted by Crippen LogP contribution is -2.29. The van der Waals surface area contributed by atoms with Crippen LogP contribution < -0.4 is 14.4 Å². The topological polar surface area (TPSA) is 96.3 Å². The highest BCUT2D eigenvalue weighted by Gasteiger charge is 2.47. The first kappa shape index (κ1) is 24.0. The SMILES string of the molecule is COc1ccc(C2/C(=C(\O)c3ccc(OC)c(Cl)c3)C(=O)C(=O)N2c2ccc(F)c(F)c2)cc1O. The molecule has 3 aromatic carbocycles. The van der Waals surface area contributed by atoms with E-state index in [2.05, 4.69) is 0 Å². The number of methoxy groups -OCH3 is 2. The summed E-state index contributed by atoms with van der Waals surface area (Å²) in [5.41, 5.74) is -0.154. The Labute approximate surface area is 203 Å². The van der Waals surface area contributed by atoms with Crippen LogP contribution in [0.4, 0.5) is 14.5 Å². The molecule has 1 saturated heterocycles. The Kier molecular flexibility index (Phi) is 6.36. The predicted molar refractivity (Wildman–Crippen MR) is 124 cm³/mol. The second-order valence-electron chi connectivity index (χ2n) is 7.55. The van der Waals surface area contributed by atoms with Gasteiger partial charge in [-0.3, -0.25) is 14.5 Å². The molecule has 4 rings (SSSR count). The summed E-state index contributed by atoms with van der Waals surface area (Å²) in [5.74, 6) is -4.94. The van der Waals surface area contributed by atoms with E-state index in [-0.39, 0.29) is 38.9 Å². The molecule has 1 fully saturated rings. The second kappa shape index (κ2) is 9.27. The summed E-state index contributed by atoms with van der Waals surface area (Å²) < 4.78 is 37.8. The standard InChI is InChI=1S/C25H18ClF2NO6/c1-34-19-7-4-13(9-15(19)26)23(31)21-22(12-3-8-20(35-2)18(30)10-12)29(25(33)24(21)32)14-5-6-16(27)17(28)11-14/h3-11,22,30-31H,1-2H3/b23-21+. The molecule has 3 aromatic rings. The molecule has 1 aliphatic heterocycles. The summed E-state index contributed by atoms with van der Waals surface area (Å²) in [6, 6.07) is 9.79. The molecule has 0 saturated carbocycles. The largest absolute Gasteiger partial charge is 0.507 e. The molecule has 1 unspecified atom stereocenters. The first-order valence-electron chi connectivity index (χ1n) is 10.1. The number of aromatic hydroxyl groups is 1. The van der Waals surface area contributed by atoms with E-state index in [9.17, 15) is 28.6 Å². The zero-order chi connectivity index (χ0) is 25.4. The third-order valence-corrected chi connectivity index (χ3v) is 5.87. The Bertz CT molecular complexity index is 1390. The predicted octanol–water partition coefficient (Wildman–Crippen LogP) is 4.97. The average Bonchev–Trinajstić information content (AvgIpc) is 3.10. The fourth-order valence-electron chi connectivity index (χ4n) is 3.90. The molecule has 35 heavy (non-hydrogen) atoms. The molecule has 0 aliphatic carbocycles. The lowest BCUT2D eigenvalue weighted by Gasteiger charge is -2.26. The van der Waals surface area contributed by atoms with Gasteiger partial charge in [0, 0.05) is 17.3 Å². The third-order valence-electron chi connectivity index (χ3n) is 5.57. The van der Waals surface area contributed by atoms with E-state index in [1.54, 1.807) is 0 Å². The van der Waals surface area contributed by atoms with E-state index in [1.165, 1.54) is 50.6 Å².